The van der Waals surface area contributed by atoms with Crippen LogP contribution in [0, 0.1) is 28.6 Å². The van der Waals surface area contributed by atoms with Crippen molar-refractivity contribution in [2.75, 3.05) is 0 Å². The third kappa shape index (κ3) is 1.30. The highest BCUT2D eigenvalue weighted by Gasteiger charge is 2.76. The van der Waals surface area contributed by atoms with Crippen LogP contribution < -0.4 is 0 Å². The fraction of sp³-hybridized carbons (Fsp3) is 0.765. The molecule has 120 valence electrons. The minimum Gasteiger partial charge on any atom is -0.461 e. The van der Waals surface area contributed by atoms with Crippen LogP contribution in [0.15, 0.2) is 12.2 Å². The zero-order chi connectivity index (χ0) is 16.1. The van der Waals surface area contributed by atoms with Crippen molar-refractivity contribution in [1.29, 1.82) is 0 Å². The number of hydrogen-bond donors (Lipinski definition) is 1. The molecule has 2 aliphatic heterocycles. The lowest BCUT2D eigenvalue weighted by Crippen LogP contribution is -2.47. The van der Waals surface area contributed by atoms with Crippen molar-refractivity contribution in [3.05, 3.63) is 12.2 Å². The molecule has 22 heavy (non-hydrogen) atoms. The number of ether oxygens (including phenoxy) is 2. The van der Waals surface area contributed by atoms with Gasteiger partial charge in [-0.15, -0.1) is 0 Å². The molecule has 2 saturated heterocycles. The first-order valence-corrected chi connectivity index (χ1v) is 7.98. The molecule has 0 aromatic rings. The Balaban J connectivity index is 1.92. The van der Waals surface area contributed by atoms with Crippen LogP contribution in [0.25, 0.3) is 0 Å². The summed E-state index contributed by atoms with van der Waals surface area (Å²) in [6, 6.07) is 0. The molecule has 1 N–H and O–H groups in total. The summed E-state index contributed by atoms with van der Waals surface area (Å²) >= 11 is 0. The van der Waals surface area contributed by atoms with Crippen LogP contribution >= 0.6 is 0 Å². The van der Waals surface area contributed by atoms with E-state index in [0.29, 0.717) is 6.42 Å². The second kappa shape index (κ2) is 3.82. The van der Waals surface area contributed by atoms with E-state index in [1.165, 1.54) is 6.92 Å². The quantitative estimate of drug-likeness (QED) is 0.686. The van der Waals surface area contributed by atoms with E-state index >= 15 is 0 Å². The smallest absolute Gasteiger partial charge is 0.318 e. The molecule has 5 heteroatoms. The minimum absolute atomic E-state index is 0.0226. The van der Waals surface area contributed by atoms with E-state index in [-0.39, 0.29) is 29.6 Å². The molecule has 0 aromatic heterocycles. The molecule has 0 amide bonds. The van der Waals surface area contributed by atoms with Crippen molar-refractivity contribution >= 4 is 11.8 Å². The third-order valence-electron chi connectivity index (χ3n) is 6.88. The topological polar surface area (TPSA) is 72.8 Å². The molecular weight excluding hydrogens is 284 g/mol. The van der Waals surface area contributed by atoms with Gasteiger partial charge in [0.2, 0.25) is 0 Å². The molecule has 2 aliphatic carbocycles. The van der Waals surface area contributed by atoms with E-state index < -0.39 is 28.7 Å². The normalized spacial score (nSPS) is 59.2. The number of esters is 1. The SMILES string of the molecule is C[C@@H]1CC2OC(=O)[C@]3(C)[C@H]2[C@@H](OC3(C)O)[C@]2(C)C(=O)C=C[C@@H]12. The molecule has 2 unspecified atom stereocenters. The molecule has 0 bridgehead atoms. The maximum Gasteiger partial charge on any atom is 0.318 e. The van der Waals surface area contributed by atoms with Gasteiger partial charge < -0.3 is 14.6 Å². The van der Waals surface area contributed by atoms with Crippen molar-refractivity contribution in [2.24, 2.45) is 28.6 Å². The molecule has 0 aromatic carbocycles. The Labute approximate surface area is 129 Å². The number of rotatable bonds is 0. The first-order chi connectivity index (χ1) is 10.1. The van der Waals surface area contributed by atoms with E-state index in [1.54, 1.807) is 13.0 Å². The summed E-state index contributed by atoms with van der Waals surface area (Å²) in [6.07, 6.45) is 3.48. The fourth-order valence-corrected chi connectivity index (χ4v) is 5.33. The monoisotopic (exact) mass is 306 g/mol. The number of aliphatic hydroxyl groups is 1. The molecule has 0 radical (unpaired) electrons. The highest BCUT2D eigenvalue weighted by molar-refractivity contribution is 5.98. The first-order valence-electron chi connectivity index (χ1n) is 7.98. The third-order valence-corrected chi connectivity index (χ3v) is 6.88. The Morgan fingerprint density at radius 3 is 2.64 bits per heavy atom. The van der Waals surface area contributed by atoms with Gasteiger partial charge >= 0.3 is 5.97 Å². The van der Waals surface area contributed by atoms with Crippen LogP contribution in [0.2, 0.25) is 0 Å². The van der Waals surface area contributed by atoms with Crippen LogP contribution in [-0.4, -0.2) is 34.9 Å². The number of fused-ring (bicyclic) bond motifs is 2. The molecule has 1 saturated carbocycles. The van der Waals surface area contributed by atoms with Crippen LogP contribution in [0.3, 0.4) is 0 Å². The molecule has 4 rings (SSSR count). The summed E-state index contributed by atoms with van der Waals surface area (Å²) < 4.78 is 11.6. The van der Waals surface area contributed by atoms with Gasteiger partial charge in [0.1, 0.15) is 11.5 Å². The Bertz CT molecular complexity index is 608. The summed E-state index contributed by atoms with van der Waals surface area (Å²) in [5, 5.41) is 10.8. The summed E-state index contributed by atoms with van der Waals surface area (Å²) in [4.78, 5) is 25.1. The second-order valence-electron chi connectivity index (χ2n) is 7.94. The van der Waals surface area contributed by atoms with Gasteiger partial charge in [0.15, 0.2) is 11.6 Å². The van der Waals surface area contributed by atoms with Crippen LogP contribution in [0.5, 0.6) is 0 Å². The lowest BCUT2D eigenvalue weighted by molar-refractivity contribution is -0.239. The van der Waals surface area contributed by atoms with Gasteiger partial charge in [-0.3, -0.25) is 9.59 Å². The van der Waals surface area contributed by atoms with Crippen LogP contribution in [0.1, 0.15) is 34.1 Å². The number of carbonyl (C=O) groups excluding carboxylic acids is 2. The van der Waals surface area contributed by atoms with Crippen molar-refractivity contribution in [2.45, 2.75) is 52.1 Å². The maximum absolute atomic E-state index is 12.6. The Hall–Kier alpha value is -1.20. The van der Waals surface area contributed by atoms with Crippen LogP contribution in [-0.2, 0) is 19.1 Å². The average Bonchev–Trinajstić information content (AvgIpc) is 2.91. The largest absolute Gasteiger partial charge is 0.461 e. The predicted molar refractivity (Wildman–Crippen MR) is 76.5 cm³/mol. The molecule has 2 heterocycles. The van der Waals surface area contributed by atoms with E-state index in [9.17, 15) is 14.7 Å². The molecule has 8 atom stereocenters. The molecule has 0 spiro atoms. The van der Waals surface area contributed by atoms with Gasteiger partial charge in [-0.25, -0.2) is 0 Å². The van der Waals surface area contributed by atoms with Gasteiger partial charge in [-0.1, -0.05) is 13.0 Å². The number of carbonyl (C=O) groups is 2. The van der Waals surface area contributed by atoms with Gasteiger partial charge in [0.25, 0.3) is 0 Å². The first kappa shape index (κ1) is 14.4. The summed E-state index contributed by atoms with van der Waals surface area (Å²) in [5.74, 6) is -2.04. The zero-order valence-corrected chi connectivity index (χ0v) is 13.3. The highest BCUT2D eigenvalue weighted by Crippen LogP contribution is 2.64. The van der Waals surface area contributed by atoms with Crippen molar-refractivity contribution in [1.82, 2.24) is 0 Å². The van der Waals surface area contributed by atoms with Crippen LogP contribution in [0.4, 0.5) is 0 Å². The Kier molecular flexibility index (Phi) is 2.50. The molecule has 5 nitrogen and oxygen atoms in total. The minimum atomic E-state index is -1.62. The standard InChI is InChI=1S/C17H22O5/c1-8-7-10-12-13(15(2)9(8)5-6-11(15)18)22-17(4,20)16(12,3)14(19)21-10/h5-6,8-10,12-13,20H,7H2,1-4H3/t8-,9+,10?,12-,13-,15+,16+,17?/m1/s1. The molecular formula is C17H22O5. The lowest BCUT2D eigenvalue weighted by atomic mass is 9.64. The summed E-state index contributed by atoms with van der Waals surface area (Å²) in [5.41, 5.74) is -1.86. The van der Waals surface area contributed by atoms with Crippen molar-refractivity contribution in [3.8, 4) is 0 Å². The van der Waals surface area contributed by atoms with E-state index in [2.05, 4.69) is 6.92 Å². The Morgan fingerprint density at radius 2 is 1.95 bits per heavy atom. The van der Waals surface area contributed by atoms with E-state index in [1.807, 2.05) is 13.0 Å². The van der Waals surface area contributed by atoms with Gasteiger partial charge in [0, 0.05) is 5.92 Å². The van der Waals surface area contributed by atoms with E-state index in [0.717, 1.165) is 0 Å². The lowest BCUT2D eigenvalue weighted by Gasteiger charge is -2.37. The average molecular weight is 306 g/mol. The fourth-order valence-electron chi connectivity index (χ4n) is 5.33. The predicted octanol–water partition coefficient (Wildman–Crippen LogP) is 1.44. The van der Waals surface area contributed by atoms with Gasteiger partial charge in [-0.2, -0.15) is 0 Å². The maximum atomic E-state index is 12.6. The number of ketones is 1. The van der Waals surface area contributed by atoms with Crippen molar-refractivity contribution < 1.29 is 24.2 Å². The second-order valence-corrected chi connectivity index (χ2v) is 7.94. The summed E-state index contributed by atoms with van der Waals surface area (Å²) in [7, 11) is 0. The van der Waals surface area contributed by atoms with Gasteiger partial charge in [-0.05, 0) is 45.1 Å². The summed E-state index contributed by atoms with van der Waals surface area (Å²) in [6.45, 7) is 7.23. The number of hydrogen-bond acceptors (Lipinski definition) is 5. The molecule has 4 aliphatic rings. The van der Waals surface area contributed by atoms with Gasteiger partial charge in [0.05, 0.1) is 11.5 Å². The molecule has 3 fully saturated rings. The zero-order valence-electron chi connectivity index (χ0n) is 13.3. The van der Waals surface area contributed by atoms with Crippen molar-refractivity contribution in [3.63, 3.8) is 0 Å². The van der Waals surface area contributed by atoms with E-state index in [4.69, 9.17) is 9.47 Å². The Morgan fingerprint density at radius 1 is 1.27 bits per heavy atom. The number of allylic oxidation sites excluding steroid dienone is 2. The highest BCUT2D eigenvalue weighted by atomic mass is 16.7.